The van der Waals surface area contributed by atoms with E-state index in [9.17, 15) is 0 Å². The Hall–Kier alpha value is -0.0800. The lowest BCUT2D eigenvalue weighted by Crippen LogP contribution is -2.56. The van der Waals surface area contributed by atoms with Crippen LogP contribution in [0.2, 0.25) is 0 Å². The average molecular weight is 210 g/mol. The van der Waals surface area contributed by atoms with Crippen LogP contribution >= 0.6 is 0 Å². The summed E-state index contributed by atoms with van der Waals surface area (Å²) in [4.78, 5) is 0. The van der Waals surface area contributed by atoms with Crippen LogP contribution in [0, 0.1) is 5.92 Å². The SMILES string of the molecule is CC1CCC(CN)(NC2CCCC2)CC1. The zero-order chi connectivity index (χ0) is 10.7. The van der Waals surface area contributed by atoms with Gasteiger partial charge in [-0.15, -0.1) is 0 Å². The van der Waals surface area contributed by atoms with Gasteiger partial charge in [-0.1, -0.05) is 19.8 Å². The fourth-order valence-electron chi connectivity index (χ4n) is 3.23. The molecule has 2 rings (SSSR count). The first-order chi connectivity index (χ1) is 7.24. The minimum absolute atomic E-state index is 0.293. The van der Waals surface area contributed by atoms with Crippen LogP contribution in [-0.2, 0) is 0 Å². The molecule has 3 N–H and O–H groups in total. The lowest BCUT2D eigenvalue weighted by molar-refractivity contribution is 0.183. The second kappa shape index (κ2) is 4.84. The van der Waals surface area contributed by atoms with E-state index in [4.69, 9.17) is 5.73 Å². The summed E-state index contributed by atoms with van der Waals surface area (Å²) in [6.07, 6.45) is 10.9. The van der Waals surface area contributed by atoms with Crippen LogP contribution < -0.4 is 11.1 Å². The number of nitrogens with one attached hydrogen (secondary N) is 1. The van der Waals surface area contributed by atoms with E-state index in [-0.39, 0.29) is 0 Å². The average Bonchev–Trinajstić information content (AvgIpc) is 2.75. The van der Waals surface area contributed by atoms with Crippen LogP contribution in [0.1, 0.15) is 58.3 Å². The number of nitrogens with two attached hydrogens (primary N) is 1. The van der Waals surface area contributed by atoms with E-state index in [0.717, 1.165) is 18.5 Å². The molecule has 0 aromatic rings. The Balaban J connectivity index is 1.89. The van der Waals surface area contributed by atoms with Gasteiger partial charge in [-0.2, -0.15) is 0 Å². The van der Waals surface area contributed by atoms with Crippen molar-refractivity contribution in [3.05, 3.63) is 0 Å². The summed E-state index contributed by atoms with van der Waals surface area (Å²) < 4.78 is 0. The first-order valence-electron chi connectivity index (χ1n) is 6.72. The topological polar surface area (TPSA) is 38.0 Å². The van der Waals surface area contributed by atoms with Crippen molar-refractivity contribution < 1.29 is 0 Å². The molecule has 2 saturated carbocycles. The van der Waals surface area contributed by atoms with E-state index in [1.807, 2.05) is 0 Å². The van der Waals surface area contributed by atoms with E-state index in [0.29, 0.717) is 5.54 Å². The van der Waals surface area contributed by atoms with Crippen LogP contribution in [0.5, 0.6) is 0 Å². The minimum Gasteiger partial charge on any atom is -0.329 e. The number of rotatable bonds is 3. The molecule has 0 aromatic heterocycles. The summed E-state index contributed by atoms with van der Waals surface area (Å²) in [5.74, 6) is 0.912. The second-order valence-electron chi connectivity index (χ2n) is 5.79. The molecular formula is C13H26N2. The zero-order valence-corrected chi connectivity index (χ0v) is 10.1. The monoisotopic (exact) mass is 210 g/mol. The molecule has 2 aliphatic rings. The predicted octanol–water partition coefficient (Wildman–Crippen LogP) is 2.43. The molecule has 0 aliphatic heterocycles. The molecule has 0 spiro atoms. The Morgan fingerprint density at radius 2 is 1.73 bits per heavy atom. The van der Waals surface area contributed by atoms with Gasteiger partial charge >= 0.3 is 0 Å². The Bertz CT molecular complexity index is 189. The molecule has 15 heavy (non-hydrogen) atoms. The maximum atomic E-state index is 6.00. The fraction of sp³-hybridized carbons (Fsp3) is 1.00. The van der Waals surface area contributed by atoms with E-state index in [1.54, 1.807) is 0 Å². The maximum absolute atomic E-state index is 6.00. The first kappa shape index (κ1) is 11.4. The van der Waals surface area contributed by atoms with Gasteiger partial charge in [-0.05, 0) is 44.4 Å². The van der Waals surface area contributed by atoms with Gasteiger partial charge in [0.15, 0.2) is 0 Å². The fourth-order valence-corrected chi connectivity index (χ4v) is 3.23. The molecule has 0 heterocycles. The molecule has 88 valence electrons. The van der Waals surface area contributed by atoms with E-state index >= 15 is 0 Å². The van der Waals surface area contributed by atoms with Crippen molar-refractivity contribution in [3.8, 4) is 0 Å². The first-order valence-corrected chi connectivity index (χ1v) is 6.72. The van der Waals surface area contributed by atoms with Gasteiger partial charge in [0, 0.05) is 18.1 Å². The van der Waals surface area contributed by atoms with Gasteiger partial charge in [0.25, 0.3) is 0 Å². The summed E-state index contributed by atoms with van der Waals surface area (Å²) in [7, 11) is 0. The van der Waals surface area contributed by atoms with Crippen molar-refractivity contribution in [1.29, 1.82) is 0 Å². The highest BCUT2D eigenvalue weighted by atomic mass is 15.0. The third-order valence-corrected chi connectivity index (χ3v) is 4.49. The minimum atomic E-state index is 0.293. The molecular weight excluding hydrogens is 184 g/mol. The predicted molar refractivity (Wildman–Crippen MR) is 64.8 cm³/mol. The lowest BCUT2D eigenvalue weighted by Gasteiger charge is -2.41. The van der Waals surface area contributed by atoms with Crippen molar-refractivity contribution >= 4 is 0 Å². The summed E-state index contributed by atoms with van der Waals surface area (Å²) in [6.45, 7) is 3.20. The van der Waals surface area contributed by atoms with Gasteiger partial charge in [-0.25, -0.2) is 0 Å². The molecule has 0 unspecified atom stereocenters. The molecule has 2 aliphatic carbocycles. The maximum Gasteiger partial charge on any atom is 0.0306 e. The highest BCUT2D eigenvalue weighted by molar-refractivity contribution is 4.96. The van der Waals surface area contributed by atoms with Gasteiger partial charge in [0.05, 0.1) is 0 Å². The van der Waals surface area contributed by atoms with Gasteiger partial charge in [-0.3, -0.25) is 0 Å². The largest absolute Gasteiger partial charge is 0.329 e. The van der Waals surface area contributed by atoms with Gasteiger partial charge in [0.1, 0.15) is 0 Å². The molecule has 0 saturated heterocycles. The van der Waals surface area contributed by atoms with Crippen LogP contribution in [-0.4, -0.2) is 18.1 Å². The summed E-state index contributed by atoms with van der Waals surface area (Å²) >= 11 is 0. The Morgan fingerprint density at radius 3 is 2.27 bits per heavy atom. The Labute approximate surface area is 94.0 Å². The molecule has 0 bridgehead atoms. The van der Waals surface area contributed by atoms with Crippen LogP contribution in [0.4, 0.5) is 0 Å². The molecule has 0 radical (unpaired) electrons. The molecule has 2 nitrogen and oxygen atoms in total. The summed E-state index contributed by atoms with van der Waals surface area (Å²) in [6, 6.07) is 0.766. The second-order valence-corrected chi connectivity index (χ2v) is 5.79. The van der Waals surface area contributed by atoms with Gasteiger partial charge in [0.2, 0.25) is 0 Å². The molecule has 0 aromatic carbocycles. The highest BCUT2D eigenvalue weighted by Crippen LogP contribution is 2.33. The molecule has 0 amide bonds. The van der Waals surface area contributed by atoms with E-state index in [1.165, 1.54) is 51.4 Å². The molecule has 2 fully saturated rings. The third kappa shape index (κ3) is 2.73. The van der Waals surface area contributed by atoms with Crippen LogP contribution in [0.25, 0.3) is 0 Å². The molecule has 0 atom stereocenters. The van der Waals surface area contributed by atoms with Crippen molar-refractivity contribution in [2.75, 3.05) is 6.54 Å². The Morgan fingerprint density at radius 1 is 1.13 bits per heavy atom. The summed E-state index contributed by atoms with van der Waals surface area (Å²) in [5, 5.41) is 3.88. The van der Waals surface area contributed by atoms with Crippen molar-refractivity contribution in [1.82, 2.24) is 5.32 Å². The number of hydrogen-bond donors (Lipinski definition) is 2. The van der Waals surface area contributed by atoms with Crippen molar-refractivity contribution in [2.24, 2.45) is 11.7 Å². The third-order valence-electron chi connectivity index (χ3n) is 4.49. The Kier molecular flexibility index (Phi) is 3.68. The van der Waals surface area contributed by atoms with E-state index < -0.39 is 0 Å². The van der Waals surface area contributed by atoms with Crippen LogP contribution in [0.15, 0.2) is 0 Å². The summed E-state index contributed by atoms with van der Waals surface area (Å²) in [5.41, 5.74) is 6.29. The van der Waals surface area contributed by atoms with Gasteiger partial charge < -0.3 is 11.1 Å². The molecule has 2 heteroatoms. The lowest BCUT2D eigenvalue weighted by atomic mass is 9.76. The quantitative estimate of drug-likeness (QED) is 0.751. The van der Waals surface area contributed by atoms with Crippen molar-refractivity contribution in [2.45, 2.75) is 69.9 Å². The number of hydrogen-bond acceptors (Lipinski definition) is 2. The smallest absolute Gasteiger partial charge is 0.0306 e. The zero-order valence-electron chi connectivity index (χ0n) is 10.1. The highest BCUT2D eigenvalue weighted by Gasteiger charge is 2.35. The normalized spacial score (nSPS) is 38.4. The van der Waals surface area contributed by atoms with E-state index in [2.05, 4.69) is 12.2 Å². The van der Waals surface area contributed by atoms with Crippen LogP contribution in [0.3, 0.4) is 0 Å². The standard InChI is InChI=1S/C13H26N2/c1-11-6-8-13(10-14,9-7-11)15-12-4-2-3-5-12/h11-12,15H,2-10,14H2,1H3. The van der Waals surface area contributed by atoms with Crippen molar-refractivity contribution in [3.63, 3.8) is 0 Å².